The molecule has 2 N–H and O–H groups in total. The van der Waals surface area contributed by atoms with Crippen molar-refractivity contribution in [3.8, 4) is 0 Å². The second-order valence-electron chi connectivity index (χ2n) is 5.73. The fraction of sp³-hybridized carbons (Fsp3) is 0.538. The van der Waals surface area contributed by atoms with Crippen molar-refractivity contribution in [3.05, 3.63) is 22.7 Å². The minimum absolute atomic E-state index is 0.173. The Morgan fingerprint density at radius 1 is 1.38 bits per heavy atom. The van der Waals surface area contributed by atoms with Gasteiger partial charge in [0, 0.05) is 30.5 Å². The summed E-state index contributed by atoms with van der Waals surface area (Å²) in [5.74, 6) is 0.378. The van der Waals surface area contributed by atoms with Crippen LogP contribution in [0.4, 0.5) is 0 Å². The summed E-state index contributed by atoms with van der Waals surface area (Å²) in [4.78, 5) is 20.6. The molecular formula is C13H15BrN6O. The zero-order valence-corrected chi connectivity index (χ0v) is 12.9. The van der Waals surface area contributed by atoms with Crippen LogP contribution in [0.15, 0.2) is 16.9 Å². The van der Waals surface area contributed by atoms with Crippen molar-refractivity contribution in [2.75, 3.05) is 0 Å². The molecule has 8 heteroatoms. The van der Waals surface area contributed by atoms with Gasteiger partial charge in [0.25, 0.3) is 11.7 Å². The van der Waals surface area contributed by atoms with Gasteiger partial charge in [0.1, 0.15) is 0 Å². The Bertz CT molecular complexity index is 689. The van der Waals surface area contributed by atoms with Gasteiger partial charge < -0.3 is 10.6 Å². The zero-order valence-electron chi connectivity index (χ0n) is 11.3. The van der Waals surface area contributed by atoms with Gasteiger partial charge in [-0.15, -0.1) is 5.10 Å². The summed E-state index contributed by atoms with van der Waals surface area (Å²) in [5.41, 5.74) is 0. The molecule has 2 bridgehead atoms. The highest BCUT2D eigenvalue weighted by molar-refractivity contribution is 9.10. The molecular weight excluding hydrogens is 336 g/mol. The summed E-state index contributed by atoms with van der Waals surface area (Å²) in [7, 11) is 0. The second kappa shape index (κ2) is 5.03. The minimum atomic E-state index is -0.220. The molecule has 4 heterocycles. The van der Waals surface area contributed by atoms with Gasteiger partial charge >= 0.3 is 0 Å². The number of nitrogens with zero attached hydrogens (tertiary/aromatic N) is 4. The van der Waals surface area contributed by atoms with Crippen molar-refractivity contribution in [3.63, 3.8) is 0 Å². The Hall–Kier alpha value is -1.54. The molecule has 2 aliphatic heterocycles. The first-order valence-electron chi connectivity index (χ1n) is 7.12. The van der Waals surface area contributed by atoms with E-state index in [1.807, 2.05) is 0 Å². The Kier molecular flexibility index (Phi) is 3.15. The summed E-state index contributed by atoms with van der Waals surface area (Å²) in [6.07, 6.45) is 7.76. The number of hydrogen-bond acceptors (Lipinski definition) is 5. The van der Waals surface area contributed by atoms with Crippen molar-refractivity contribution in [2.45, 2.75) is 43.8 Å². The molecule has 2 fully saturated rings. The number of piperidine rings is 1. The third kappa shape index (κ3) is 2.53. The Balaban J connectivity index is 1.50. The van der Waals surface area contributed by atoms with Crippen LogP contribution in [0.5, 0.6) is 0 Å². The van der Waals surface area contributed by atoms with Crippen LogP contribution in [-0.4, -0.2) is 43.6 Å². The lowest BCUT2D eigenvalue weighted by Crippen LogP contribution is -2.48. The molecule has 0 aromatic carbocycles. The molecule has 0 radical (unpaired) electrons. The van der Waals surface area contributed by atoms with Crippen LogP contribution in [0.2, 0.25) is 0 Å². The van der Waals surface area contributed by atoms with Gasteiger partial charge in [-0.1, -0.05) is 0 Å². The first kappa shape index (κ1) is 13.1. The number of amides is 1. The highest BCUT2D eigenvalue weighted by Gasteiger charge is 2.34. The molecule has 7 nitrogen and oxygen atoms in total. The van der Waals surface area contributed by atoms with Gasteiger partial charge in [0.2, 0.25) is 5.82 Å². The van der Waals surface area contributed by atoms with E-state index in [1.165, 1.54) is 17.4 Å². The van der Waals surface area contributed by atoms with E-state index in [0.717, 1.165) is 17.3 Å². The molecule has 2 aromatic heterocycles. The fourth-order valence-corrected chi connectivity index (χ4v) is 3.58. The lowest BCUT2D eigenvalue weighted by atomic mass is 10.00. The van der Waals surface area contributed by atoms with E-state index in [4.69, 9.17) is 0 Å². The van der Waals surface area contributed by atoms with Gasteiger partial charge in [-0.2, -0.15) is 4.98 Å². The Labute approximate surface area is 129 Å². The Morgan fingerprint density at radius 3 is 2.90 bits per heavy atom. The van der Waals surface area contributed by atoms with Crippen LogP contribution in [0.3, 0.4) is 0 Å². The maximum absolute atomic E-state index is 12.3. The van der Waals surface area contributed by atoms with E-state index in [-0.39, 0.29) is 17.8 Å². The molecule has 0 aliphatic carbocycles. The van der Waals surface area contributed by atoms with Gasteiger partial charge in [0.15, 0.2) is 0 Å². The van der Waals surface area contributed by atoms with Gasteiger partial charge in [-0.3, -0.25) is 4.79 Å². The molecule has 4 rings (SSSR count). The number of aromatic nitrogens is 4. The molecule has 110 valence electrons. The van der Waals surface area contributed by atoms with Crippen molar-refractivity contribution in [2.24, 2.45) is 0 Å². The molecule has 1 amide bonds. The predicted molar refractivity (Wildman–Crippen MR) is 78.9 cm³/mol. The number of fused-ring (bicyclic) bond motifs is 3. The fourth-order valence-electron chi connectivity index (χ4n) is 3.28. The van der Waals surface area contributed by atoms with Gasteiger partial charge in [-0.05, 0) is 41.6 Å². The van der Waals surface area contributed by atoms with Crippen LogP contribution < -0.4 is 10.6 Å². The normalized spacial score (nSPS) is 28.0. The molecule has 2 aliphatic rings. The largest absolute Gasteiger partial charge is 0.346 e. The van der Waals surface area contributed by atoms with Crippen LogP contribution in [-0.2, 0) is 0 Å². The first-order valence-corrected chi connectivity index (χ1v) is 7.91. The third-order valence-electron chi connectivity index (χ3n) is 4.17. The Morgan fingerprint density at radius 2 is 2.14 bits per heavy atom. The molecule has 2 saturated heterocycles. The standard InChI is InChI=1S/C13H15BrN6O/c14-7-5-15-13-18-11(19-20(13)6-7)12(21)17-10-3-8-1-2-9(4-10)16-8/h5-6,8-10,16H,1-4H2,(H,17,21). The molecule has 2 aromatic rings. The zero-order chi connectivity index (χ0) is 14.4. The topological polar surface area (TPSA) is 84.2 Å². The first-order chi connectivity index (χ1) is 10.2. The van der Waals surface area contributed by atoms with Crippen LogP contribution in [0.25, 0.3) is 5.78 Å². The van der Waals surface area contributed by atoms with Crippen molar-refractivity contribution in [1.29, 1.82) is 0 Å². The maximum atomic E-state index is 12.3. The predicted octanol–water partition coefficient (Wildman–Crippen LogP) is 0.900. The highest BCUT2D eigenvalue weighted by Crippen LogP contribution is 2.26. The molecule has 2 unspecified atom stereocenters. The van der Waals surface area contributed by atoms with E-state index in [2.05, 4.69) is 41.6 Å². The highest BCUT2D eigenvalue weighted by atomic mass is 79.9. The van der Waals surface area contributed by atoms with E-state index in [9.17, 15) is 4.79 Å². The number of halogens is 1. The number of carbonyl (C=O) groups is 1. The van der Waals surface area contributed by atoms with Crippen LogP contribution in [0, 0.1) is 0 Å². The molecule has 21 heavy (non-hydrogen) atoms. The quantitative estimate of drug-likeness (QED) is 0.840. The molecule has 2 atom stereocenters. The average Bonchev–Trinajstić information content (AvgIpc) is 3.02. The second-order valence-corrected chi connectivity index (χ2v) is 6.65. The number of carbonyl (C=O) groups excluding carboxylic acids is 1. The van der Waals surface area contributed by atoms with E-state index in [1.54, 1.807) is 12.4 Å². The summed E-state index contributed by atoms with van der Waals surface area (Å²) in [6, 6.07) is 1.30. The van der Waals surface area contributed by atoms with Crippen molar-refractivity contribution >= 4 is 27.6 Å². The third-order valence-corrected chi connectivity index (χ3v) is 4.58. The molecule has 0 spiro atoms. The summed E-state index contributed by atoms with van der Waals surface area (Å²) < 4.78 is 2.30. The van der Waals surface area contributed by atoms with Gasteiger partial charge in [-0.25, -0.2) is 9.50 Å². The monoisotopic (exact) mass is 350 g/mol. The minimum Gasteiger partial charge on any atom is -0.346 e. The summed E-state index contributed by atoms with van der Waals surface area (Å²) in [5, 5.41) is 10.8. The smallest absolute Gasteiger partial charge is 0.291 e. The lowest BCUT2D eigenvalue weighted by molar-refractivity contribution is 0.0913. The number of rotatable bonds is 2. The van der Waals surface area contributed by atoms with E-state index < -0.39 is 0 Å². The van der Waals surface area contributed by atoms with Crippen molar-refractivity contribution < 1.29 is 4.79 Å². The van der Waals surface area contributed by atoms with E-state index in [0.29, 0.717) is 17.9 Å². The number of hydrogen-bond donors (Lipinski definition) is 2. The lowest BCUT2D eigenvalue weighted by Gasteiger charge is -2.29. The molecule has 0 saturated carbocycles. The van der Waals surface area contributed by atoms with Gasteiger partial charge in [0.05, 0.1) is 4.47 Å². The van der Waals surface area contributed by atoms with Crippen LogP contribution >= 0.6 is 15.9 Å². The maximum Gasteiger partial charge on any atom is 0.291 e. The van der Waals surface area contributed by atoms with Crippen molar-refractivity contribution in [1.82, 2.24) is 30.2 Å². The van der Waals surface area contributed by atoms with E-state index >= 15 is 0 Å². The SMILES string of the molecule is O=C(NC1CC2CCC(C1)N2)c1nc2ncc(Br)cn2n1. The summed E-state index contributed by atoms with van der Waals surface area (Å²) >= 11 is 3.32. The average molecular weight is 351 g/mol. The summed E-state index contributed by atoms with van der Waals surface area (Å²) in [6.45, 7) is 0. The number of nitrogens with one attached hydrogen (secondary N) is 2. The van der Waals surface area contributed by atoms with Crippen LogP contribution in [0.1, 0.15) is 36.3 Å².